The summed E-state index contributed by atoms with van der Waals surface area (Å²) in [6.45, 7) is 2.11. The Balaban J connectivity index is 1.70. The summed E-state index contributed by atoms with van der Waals surface area (Å²) in [7, 11) is 0. The van der Waals surface area contributed by atoms with Crippen molar-refractivity contribution in [1.29, 1.82) is 0 Å². The minimum atomic E-state index is -1.01. The number of ether oxygens (including phenoxy) is 2. The van der Waals surface area contributed by atoms with Crippen molar-refractivity contribution >= 4 is 17.6 Å². The maximum atomic E-state index is 13.1. The second-order valence-corrected chi connectivity index (χ2v) is 6.77. The van der Waals surface area contributed by atoms with Crippen LogP contribution < -0.4 is 4.90 Å². The van der Waals surface area contributed by atoms with Gasteiger partial charge in [-0.2, -0.15) is 0 Å². The van der Waals surface area contributed by atoms with Gasteiger partial charge >= 0.3 is 5.97 Å². The molecule has 118 valence electrons. The van der Waals surface area contributed by atoms with Gasteiger partial charge in [-0.05, 0) is 19.1 Å². The largest absolute Gasteiger partial charge is 0.481 e. The molecule has 5 rings (SSSR count). The van der Waals surface area contributed by atoms with Gasteiger partial charge in [-0.25, -0.2) is 0 Å². The Morgan fingerprint density at radius 1 is 1.35 bits per heavy atom. The smallest absolute Gasteiger partial charge is 0.310 e. The number of hydrogen-bond donors (Lipinski definition) is 1. The van der Waals surface area contributed by atoms with E-state index in [1.54, 1.807) is 17.9 Å². The van der Waals surface area contributed by atoms with Crippen molar-refractivity contribution in [2.24, 2.45) is 11.8 Å². The minimum absolute atomic E-state index is 0.234. The number of aliphatic carboxylic acids is 1. The fraction of sp³-hybridized carbons (Fsp3) is 0.412. The van der Waals surface area contributed by atoms with Crippen LogP contribution in [0.2, 0.25) is 0 Å². The number of carbonyl (C=O) groups is 2. The van der Waals surface area contributed by atoms with E-state index in [2.05, 4.69) is 0 Å². The SMILES string of the molecule is C[C@@]12C=C[C@@]3(O1)[C@@H](C(=O)N1c4ccccc4CO[C@@H]13)[C@H]2C(=O)O. The number of carbonyl (C=O) groups excluding carboxylic acids is 1. The first-order valence-corrected chi connectivity index (χ1v) is 7.64. The van der Waals surface area contributed by atoms with Gasteiger partial charge in [-0.1, -0.05) is 24.3 Å². The first-order chi connectivity index (χ1) is 11.0. The van der Waals surface area contributed by atoms with Crippen molar-refractivity contribution < 1.29 is 24.2 Å². The Labute approximate surface area is 132 Å². The molecule has 0 saturated carbocycles. The zero-order valence-electron chi connectivity index (χ0n) is 12.4. The van der Waals surface area contributed by atoms with Gasteiger partial charge in [0, 0.05) is 5.56 Å². The molecule has 0 aromatic heterocycles. The molecule has 0 radical (unpaired) electrons. The van der Waals surface area contributed by atoms with Gasteiger partial charge in [0.1, 0.15) is 11.5 Å². The molecule has 6 nitrogen and oxygen atoms in total. The lowest BCUT2D eigenvalue weighted by atomic mass is 9.72. The third-order valence-electron chi connectivity index (χ3n) is 5.55. The van der Waals surface area contributed by atoms with Crippen molar-refractivity contribution in [2.45, 2.75) is 31.0 Å². The number of anilines is 1. The summed E-state index contributed by atoms with van der Waals surface area (Å²) in [6, 6.07) is 7.54. The Morgan fingerprint density at radius 2 is 2.13 bits per heavy atom. The summed E-state index contributed by atoms with van der Waals surface area (Å²) in [4.78, 5) is 26.5. The average Bonchev–Trinajstić information content (AvgIpc) is 3.10. The van der Waals surface area contributed by atoms with Crippen molar-refractivity contribution in [1.82, 2.24) is 0 Å². The van der Waals surface area contributed by atoms with Gasteiger partial charge in [0.25, 0.3) is 0 Å². The molecule has 0 unspecified atom stereocenters. The lowest BCUT2D eigenvalue weighted by molar-refractivity contribution is -0.150. The molecule has 2 bridgehead atoms. The Morgan fingerprint density at radius 3 is 2.91 bits per heavy atom. The summed E-state index contributed by atoms with van der Waals surface area (Å²) in [6.07, 6.45) is 2.98. The second-order valence-electron chi connectivity index (χ2n) is 6.77. The maximum Gasteiger partial charge on any atom is 0.310 e. The number of amides is 1. The molecule has 4 aliphatic heterocycles. The fourth-order valence-electron chi connectivity index (χ4n) is 4.63. The summed E-state index contributed by atoms with van der Waals surface area (Å²) < 4.78 is 12.1. The van der Waals surface area contributed by atoms with E-state index in [4.69, 9.17) is 9.47 Å². The molecule has 23 heavy (non-hydrogen) atoms. The predicted molar refractivity (Wildman–Crippen MR) is 78.5 cm³/mol. The van der Waals surface area contributed by atoms with Crippen LogP contribution in [0.25, 0.3) is 0 Å². The van der Waals surface area contributed by atoms with Crippen LogP contribution >= 0.6 is 0 Å². The van der Waals surface area contributed by atoms with Crippen LogP contribution in [0.4, 0.5) is 5.69 Å². The molecular weight excluding hydrogens is 298 g/mol. The molecule has 1 N–H and O–H groups in total. The lowest BCUT2D eigenvalue weighted by Crippen LogP contribution is -2.49. The molecule has 1 amide bonds. The van der Waals surface area contributed by atoms with Gasteiger partial charge in [0.05, 0.1) is 23.8 Å². The number of nitrogens with zero attached hydrogens (tertiary/aromatic N) is 1. The number of fused-ring (bicyclic) bond motifs is 4. The van der Waals surface area contributed by atoms with Crippen molar-refractivity contribution in [3.05, 3.63) is 42.0 Å². The fourth-order valence-corrected chi connectivity index (χ4v) is 4.63. The van der Waals surface area contributed by atoms with Crippen molar-refractivity contribution in [2.75, 3.05) is 4.90 Å². The van der Waals surface area contributed by atoms with Crippen LogP contribution in [0.3, 0.4) is 0 Å². The molecule has 2 fully saturated rings. The second kappa shape index (κ2) is 3.83. The molecule has 4 heterocycles. The highest BCUT2D eigenvalue weighted by atomic mass is 16.6. The molecule has 2 saturated heterocycles. The van der Waals surface area contributed by atoms with Gasteiger partial charge in [-0.15, -0.1) is 0 Å². The van der Waals surface area contributed by atoms with Crippen LogP contribution in [-0.4, -0.2) is 34.4 Å². The van der Waals surface area contributed by atoms with Crippen LogP contribution in [0.5, 0.6) is 0 Å². The molecule has 0 aliphatic carbocycles. The van der Waals surface area contributed by atoms with E-state index in [0.29, 0.717) is 6.61 Å². The van der Waals surface area contributed by atoms with E-state index in [1.165, 1.54) is 0 Å². The van der Waals surface area contributed by atoms with E-state index in [9.17, 15) is 14.7 Å². The first-order valence-electron chi connectivity index (χ1n) is 7.64. The van der Waals surface area contributed by atoms with Crippen molar-refractivity contribution in [3.63, 3.8) is 0 Å². The highest BCUT2D eigenvalue weighted by Crippen LogP contribution is 2.61. The average molecular weight is 313 g/mol. The lowest BCUT2D eigenvalue weighted by Gasteiger charge is -2.37. The molecule has 6 heteroatoms. The number of carboxylic acid groups (broad SMARTS) is 1. The summed E-state index contributed by atoms with van der Waals surface area (Å²) >= 11 is 0. The van der Waals surface area contributed by atoms with E-state index in [-0.39, 0.29) is 5.91 Å². The first kappa shape index (κ1) is 13.3. The summed E-state index contributed by atoms with van der Waals surface area (Å²) in [5, 5.41) is 9.67. The highest BCUT2D eigenvalue weighted by molar-refractivity contribution is 6.04. The van der Waals surface area contributed by atoms with Crippen LogP contribution in [0, 0.1) is 11.8 Å². The third-order valence-corrected chi connectivity index (χ3v) is 5.55. The highest BCUT2D eigenvalue weighted by Gasteiger charge is 2.76. The van der Waals surface area contributed by atoms with E-state index < -0.39 is 35.2 Å². The number of carboxylic acids is 1. The van der Waals surface area contributed by atoms with E-state index >= 15 is 0 Å². The maximum absolute atomic E-state index is 13.1. The van der Waals surface area contributed by atoms with Crippen molar-refractivity contribution in [3.8, 4) is 0 Å². The van der Waals surface area contributed by atoms with Crippen LogP contribution in [-0.2, 0) is 25.7 Å². The van der Waals surface area contributed by atoms with E-state index in [0.717, 1.165) is 11.3 Å². The standard InChI is InChI=1S/C17H15NO5/c1-16-6-7-17(23-16)11(12(16)14(20)21)13(19)18-10-5-3-2-4-9(10)8-22-15(17)18/h2-7,11-12,15H,8H2,1H3,(H,20,21)/t11-,12+,15-,16+,17-/m1/s1. The zero-order chi connectivity index (χ0) is 16.0. The topological polar surface area (TPSA) is 76.1 Å². The molecular formula is C17H15NO5. The number of rotatable bonds is 1. The summed E-state index contributed by atoms with van der Waals surface area (Å²) in [5.41, 5.74) is -0.265. The van der Waals surface area contributed by atoms with Gasteiger partial charge in [-0.3, -0.25) is 14.5 Å². The number of benzene rings is 1. The number of hydrogen-bond acceptors (Lipinski definition) is 4. The third kappa shape index (κ3) is 1.33. The minimum Gasteiger partial charge on any atom is -0.481 e. The Hall–Kier alpha value is -2.18. The molecule has 4 aliphatic rings. The monoisotopic (exact) mass is 313 g/mol. The van der Waals surface area contributed by atoms with Gasteiger partial charge < -0.3 is 14.6 Å². The molecule has 5 atom stereocenters. The Bertz CT molecular complexity index is 789. The van der Waals surface area contributed by atoms with Gasteiger partial charge in [0.2, 0.25) is 5.91 Å². The summed E-state index contributed by atoms with van der Waals surface area (Å²) in [5.74, 6) is -2.90. The normalized spacial score (nSPS) is 42.6. The van der Waals surface area contributed by atoms with Crippen LogP contribution in [0.1, 0.15) is 12.5 Å². The van der Waals surface area contributed by atoms with E-state index in [1.807, 2.05) is 30.3 Å². The Kier molecular flexibility index (Phi) is 2.21. The number of para-hydroxylation sites is 1. The molecule has 1 spiro atoms. The van der Waals surface area contributed by atoms with Crippen LogP contribution in [0.15, 0.2) is 36.4 Å². The molecule has 1 aromatic carbocycles. The predicted octanol–water partition coefficient (Wildman–Crippen LogP) is 1.30. The quantitative estimate of drug-likeness (QED) is 0.791. The van der Waals surface area contributed by atoms with Gasteiger partial charge in [0.15, 0.2) is 6.23 Å². The zero-order valence-corrected chi connectivity index (χ0v) is 12.4. The molecule has 1 aromatic rings.